The lowest BCUT2D eigenvalue weighted by Crippen LogP contribution is -2.35. The number of amides is 1. The second kappa shape index (κ2) is 6.48. The van der Waals surface area contributed by atoms with E-state index in [1.807, 2.05) is 37.1 Å². The molecule has 1 rings (SSSR count). The van der Waals surface area contributed by atoms with Gasteiger partial charge in [-0.05, 0) is 34.5 Å². The summed E-state index contributed by atoms with van der Waals surface area (Å²) in [6, 6.07) is 5.62. The molecule has 0 saturated heterocycles. The highest BCUT2D eigenvalue weighted by Gasteiger charge is 2.07. The van der Waals surface area contributed by atoms with E-state index in [4.69, 9.17) is 0 Å². The SMILES string of the molecule is CCCNC(=O)CN(C)c1cccc(Br)n1. The van der Waals surface area contributed by atoms with Gasteiger partial charge in [0.25, 0.3) is 0 Å². The highest BCUT2D eigenvalue weighted by Crippen LogP contribution is 2.12. The van der Waals surface area contributed by atoms with Crippen molar-refractivity contribution in [3.05, 3.63) is 22.8 Å². The van der Waals surface area contributed by atoms with Gasteiger partial charge in [-0.15, -0.1) is 0 Å². The quantitative estimate of drug-likeness (QED) is 0.840. The lowest BCUT2D eigenvalue weighted by atomic mass is 10.4. The lowest BCUT2D eigenvalue weighted by Gasteiger charge is -2.17. The van der Waals surface area contributed by atoms with E-state index in [2.05, 4.69) is 26.2 Å². The highest BCUT2D eigenvalue weighted by molar-refractivity contribution is 9.10. The summed E-state index contributed by atoms with van der Waals surface area (Å²) in [5.41, 5.74) is 0. The van der Waals surface area contributed by atoms with Crippen molar-refractivity contribution >= 4 is 27.7 Å². The van der Waals surface area contributed by atoms with Crippen LogP contribution < -0.4 is 10.2 Å². The van der Waals surface area contributed by atoms with Gasteiger partial charge in [-0.1, -0.05) is 13.0 Å². The van der Waals surface area contributed by atoms with Gasteiger partial charge >= 0.3 is 0 Å². The van der Waals surface area contributed by atoms with Crippen molar-refractivity contribution in [2.75, 3.05) is 25.0 Å². The smallest absolute Gasteiger partial charge is 0.239 e. The van der Waals surface area contributed by atoms with Crippen molar-refractivity contribution < 1.29 is 4.79 Å². The van der Waals surface area contributed by atoms with Crippen LogP contribution in [0.1, 0.15) is 13.3 Å². The van der Waals surface area contributed by atoms with Crippen LogP contribution in [0.3, 0.4) is 0 Å². The number of rotatable bonds is 5. The standard InChI is InChI=1S/C11H16BrN3O/c1-3-7-13-11(16)8-15(2)10-6-4-5-9(12)14-10/h4-6H,3,7-8H2,1-2H3,(H,13,16). The van der Waals surface area contributed by atoms with E-state index in [1.54, 1.807) is 0 Å². The van der Waals surface area contributed by atoms with Crippen LogP contribution in [-0.4, -0.2) is 31.0 Å². The molecule has 0 bridgehead atoms. The fourth-order valence-electron chi connectivity index (χ4n) is 1.23. The predicted molar refractivity (Wildman–Crippen MR) is 68.5 cm³/mol. The van der Waals surface area contributed by atoms with E-state index < -0.39 is 0 Å². The molecule has 1 N–H and O–H groups in total. The number of nitrogens with one attached hydrogen (secondary N) is 1. The first-order valence-electron chi connectivity index (χ1n) is 5.24. The van der Waals surface area contributed by atoms with E-state index in [0.29, 0.717) is 6.54 Å². The number of hydrogen-bond donors (Lipinski definition) is 1. The molecule has 5 heteroatoms. The van der Waals surface area contributed by atoms with E-state index in [-0.39, 0.29) is 5.91 Å². The van der Waals surface area contributed by atoms with Crippen LogP contribution in [0.25, 0.3) is 0 Å². The Morgan fingerprint density at radius 1 is 1.56 bits per heavy atom. The Kier molecular flexibility index (Phi) is 5.25. The van der Waals surface area contributed by atoms with Gasteiger partial charge in [0, 0.05) is 13.6 Å². The van der Waals surface area contributed by atoms with Gasteiger partial charge in [0.15, 0.2) is 0 Å². The Morgan fingerprint density at radius 3 is 2.94 bits per heavy atom. The van der Waals surface area contributed by atoms with Gasteiger partial charge in [-0.25, -0.2) is 4.98 Å². The minimum Gasteiger partial charge on any atom is -0.355 e. The molecule has 16 heavy (non-hydrogen) atoms. The van der Waals surface area contributed by atoms with E-state index in [9.17, 15) is 4.79 Å². The molecule has 0 fully saturated rings. The van der Waals surface area contributed by atoms with Gasteiger partial charge in [-0.2, -0.15) is 0 Å². The van der Waals surface area contributed by atoms with Crippen LogP contribution in [0.4, 0.5) is 5.82 Å². The molecule has 1 heterocycles. The number of likely N-dealkylation sites (N-methyl/N-ethyl adjacent to an activating group) is 1. The molecule has 0 aliphatic rings. The number of halogens is 1. The van der Waals surface area contributed by atoms with Gasteiger partial charge in [0.2, 0.25) is 5.91 Å². The number of aromatic nitrogens is 1. The van der Waals surface area contributed by atoms with Crippen molar-refractivity contribution in [3.63, 3.8) is 0 Å². The van der Waals surface area contributed by atoms with Gasteiger partial charge in [-0.3, -0.25) is 4.79 Å². The molecule has 0 saturated carbocycles. The summed E-state index contributed by atoms with van der Waals surface area (Å²) in [7, 11) is 1.85. The number of nitrogens with zero attached hydrogens (tertiary/aromatic N) is 2. The predicted octanol–water partition coefficient (Wildman–Crippen LogP) is 1.81. The molecule has 4 nitrogen and oxygen atoms in total. The van der Waals surface area contributed by atoms with Gasteiger partial charge < -0.3 is 10.2 Å². The molecule has 0 radical (unpaired) electrons. The molecule has 0 aliphatic carbocycles. The summed E-state index contributed by atoms with van der Waals surface area (Å²) >= 11 is 3.30. The summed E-state index contributed by atoms with van der Waals surface area (Å²) in [4.78, 5) is 17.6. The summed E-state index contributed by atoms with van der Waals surface area (Å²) in [5.74, 6) is 0.798. The van der Waals surface area contributed by atoms with Crippen molar-refractivity contribution in [1.29, 1.82) is 0 Å². The topological polar surface area (TPSA) is 45.2 Å². The zero-order valence-electron chi connectivity index (χ0n) is 9.53. The normalized spacial score (nSPS) is 9.94. The minimum absolute atomic E-state index is 0.0196. The van der Waals surface area contributed by atoms with E-state index >= 15 is 0 Å². The van der Waals surface area contributed by atoms with Crippen LogP contribution in [0.5, 0.6) is 0 Å². The van der Waals surface area contributed by atoms with Crippen LogP contribution in [0, 0.1) is 0 Å². The van der Waals surface area contributed by atoms with Crippen molar-refractivity contribution in [3.8, 4) is 0 Å². The Hall–Kier alpha value is -1.10. The molecule has 1 aromatic heterocycles. The maximum atomic E-state index is 11.5. The second-order valence-electron chi connectivity index (χ2n) is 3.52. The van der Waals surface area contributed by atoms with E-state index in [0.717, 1.165) is 23.4 Å². The van der Waals surface area contributed by atoms with Crippen LogP contribution >= 0.6 is 15.9 Å². The lowest BCUT2D eigenvalue weighted by molar-refractivity contribution is -0.119. The third kappa shape index (κ3) is 4.18. The molecule has 1 amide bonds. The third-order valence-electron chi connectivity index (χ3n) is 2.04. The Bertz CT molecular complexity index is 357. The third-order valence-corrected chi connectivity index (χ3v) is 2.49. The zero-order chi connectivity index (χ0) is 12.0. The first-order chi connectivity index (χ1) is 7.63. The van der Waals surface area contributed by atoms with Crippen LogP contribution in [-0.2, 0) is 4.79 Å². The molecular weight excluding hydrogens is 270 g/mol. The van der Waals surface area contributed by atoms with Crippen LogP contribution in [0.15, 0.2) is 22.8 Å². The van der Waals surface area contributed by atoms with Crippen molar-refractivity contribution in [1.82, 2.24) is 10.3 Å². The molecule has 0 aromatic carbocycles. The summed E-state index contributed by atoms with van der Waals surface area (Å²) in [6.07, 6.45) is 0.949. The molecule has 88 valence electrons. The van der Waals surface area contributed by atoms with Crippen molar-refractivity contribution in [2.24, 2.45) is 0 Å². The number of hydrogen-bond acceptors (Lipinski definition) is 3. The number of carbonyl (C=O) groups is 1. The first kappa shape index (κ1) is 13.0. The Balaban J connectivity index is 2.52. The van der Waals surface area contributed by atoms with E-state index in [1.165, 1.54) is 0 Å². The zero-order valence-corrected chi connectivity index (χ0v) is 11.1. The average molecular weight is 286 g/mol. The molecule has 0 atom stereocenters. The summed E-state index contributed by atoms with van der Waals surface area (Å²) < 4.78 is 0.769. The largest absolute Gasteiger partial charge is 0.355 e. The number of carbonyl (C=O) groups excluding carboxylic acids is 1. The van der Waals surface area contributed by atoms with Gasteiger partial charge in [0.1, 0.15) is 10.4 Å². The summed E-state index contributed by atoms with van der Waals surface area (Å²) in [5, 5.41) is 2.83. The summed E-state index contributed by atoms with van der Waals surface area (Å²) in [6.45, 7) is 3.07. The minimum atomic E-state index is 0.0196. The van der Waals surface area contributed by atoms with Gasteiger partial charge in [0.05, 0.1) is 6.54 Å². The maximum Gasteiger partial charge on any atom is 0.239 e. The number of pyridine rings is 1. The average Bonchev–Trinajstić information content (AvgIpc) is 2.26. The van der Waals surface area contributed by atoms with Crippen molar-refractivity contribution in [2.45, 2.75) is 13.3 Å². The number of anilines is 1. The molecule has 0 aliphatic heterocycles. The fraction of sp³-hybridized carbons (Fsp3) is 0.455. The maximum absolute atomic E-state index is 11.5. The Morgan fingerprint density at radius 2 is 2.31 bits per heavy atom. The molecule has 1 aromatic rings. The molecule has 0 unspecified atom stereocenters. The van der Waals surface area contributed by atoms with Crippen LogP contribution in [0.2, 0.25) is 0 Å². The molecular formula is C11H16BrN3O. The Labute approximate surface area is 104 Å². The molecule has 0 spiro atoms. The second-order valence-corrected chi connectivity index (χ2v) is 4.34. The monoisotopic (exact) mass is 285 g/mol. The first-order valence-corrected chi connectivity index (χ1v) is 6.03. The highest BCUT2D eigenvalue weighted by atomic mass is 79.9. The fourth-order valence-corrected chi connectivity index (χ4v) is 1.56.